The normalized spacial score (nSPS) is 25.1. The van der Waals surface area contributed by atoms with Crippen molar-refractivity contribution >= 4 is 27.7 Å². The third kappa shape index (κ3) is 2.76. The van der Waals surface area contributed by atoms with Gasteiger partial charge < -0.3 is 0 Å². The molecular formula is C12H12BrNS. The molecule has 3 heteroatoms. The van der Waals surface area contributed by atoms with E-state index in [0.29, 0.717) is 5.25 Å². The monoisotopic (exact) mass is 281 g/mol. The van der Waals surface area contributed by atoms with Crippen molar-refractivity contribution in [3.05, 3.63) is 28.7 Å². The van der Waals surface area contributed by atoms with Gasteiger partial charge in [0.2, 0.25) is 0 Å². The minimum atomic E-state index is 0.244. The molecule has 0 heterocycles. The van der Waals surface area contributed by atoms with E-state index in [1.54, 1.807) is 0 Å². The molecule has 1 nitrogen and oxygen atoms in total. The first-order valence-electron chi connectivity index (χ1n) is 5.11. The Morgan fingerprint density at radius 3 is 3.00 bits per heavy atom. The van der Waals surface area contributed by atoms with Gasteiger partial charge in [0, 0.05) is 14.6 Å². The van der Waals surface area contributed by atoms with Gasteiger partial charge in [0.15, 0.2) is 0 Å². The molecule has 2 rings (SSSR count). The highest BCUT2D eigenvalue weighted by molar-refractivity contribution is 9.10. The van der Waals surface area contributed by atoms with E-state index in [4.69, 9.17) is 5.26 Å². The molecule has 0 N–H and O–H groups in total. The van der Waals surface area contributed by atoms with Crippen molar-refractivity contribution < 1.29 is 0 Å². The van der Waals surface area contributed by atoms with E-state index >= 15 is 0 Å². The molecule has 1 aromatic carbocycles. The van der Waals surface area contributed by atoms with Crippen LogP contribution in [0, 0.1) is 17.2 Å². The second kappa shape index (κ2) is 5.05. The molecule has 0 aliphatic heterocycles. The summed E-state index contributed by atoms with van der Waals surface area (Å²) in [6.07, 6.45) is 3.45. The van der Waals surface area contributed by atoms with Crippen LogP contribution in [0.4, 0.5) is 0 Å². The number of hydrogen-bond donors (Lipinski definition) is 0. The van der Waals surface area contributed by atoms with Crippen molar-refractivity contribution in [2.45, 2.75) is 29.4 Å². The second-order valence-electron chi connectivity index (χ2n) is 3.78. The number of benzene rings is 1. The summed E-state index contributed by atoms with van der Waals surface area (Å²) < 4.78 is 1.11. The number of rotatable bonds is 2. The van der Waals surface area contributed by atoms with Crippen molar-refractivity contribution in [3.8, 4) is 6.07 Å². The van der Waals surface area contributed by atoms with Gasteiger partial charge in [-0.2, -0.15) is 5.26 Å². The topological polar surface area (TPSA) is 23.8 Å². The Morgan fingerprint density at radius 1 is 1.40 bits per heavy atom. The Hall–Kier alpha value is -0.460. The van der Waals surface area contributed by atoms with E-state index in [1.807, 2.05) is 23.9 Å². The summed E-state index contributed by atoms with van der Waals surface area (Å²) in [6, 6.07) is 10.7. The average molecular weight is 282 g/mol. The van der Waals surface area contributed by atoms with Crippen molar-refractivity contribution in [1.82, 2.24) is 0 Å². The molecule has 0 aromatic heterocycles. The van der Waals surface area contributed by atoms with Gasteiger partial charge in [-0.3, -0.25) is 0 Å². The fourth-order valence-electron chi connectivity index (χ4n) is 1.93. The number of thioether (sulfide) groups is 1. The van der Waals surface area contributed by atoms with Gasteiger partial charge in [-0.25, -0.2) is 0 Å². The van der Waals surface area contributed by atoms with Crippen molar-refractivity contribution in [2.24, 2.45) is 5.92 Å². The van der Waals surface area contributed by atoms with Crippen LogP contribution in [-0.4, -0.2) is 5.25 Å². The molecule has 1 aliphatic rings. The molecule has 2 atom stereocenters. The van der Waals surface area contributed by atoms with E-state index in [2.05, 4.69) is 34.1 Å². The number of nitrogens with zero attached hydrogens (tertiary/aromatic N) is 1. The highest BCUT2D eigenvalue weighted by atomic mass is 79.9. The molecule has 1 fully saturated rings. The Balaban J connectivity index is 2.06. The molecule has 0 amide bonds. The lowest BCUT2D eigenvalue weighted by molar-refractivity contribution is 0.714. The maximum absolute atomic E-state index is 9.00. The lowest BCUT2D eigenvalue weighted by atomic mass is 10.1. The predicted molar refractivity (Wildman–Crippen MR) is 66.7 cm³/mol. The van der Waals surface area contributed by atoms with Crippen LogP contribution < -0.4 is 0 Å². The Labute approximate surface area is 103 Å². The number of halogens is 1. The summed E-state index contributed by atoms with van der Waals surface area (Å²) in [5, 5.41) is 9.49. The molecule has 0 radical (unpaired) electrons. The summed E-state index contributed by atoms with van der Waals surface area (Å²) in [4.78, 5) is 1.26. The van der Waals surface area contributed by atoms with Crippen molar-refractivity contribution in [1.29, 1.82) is 5.26 Å². The van der Waals surface area contributed by atoms with Gasteiger partial charge in [-0.15, -0.1) is 11.8 Å². The second-order valence-corrected chi connectivity index (χ2v) is 6.01. The van der Waals surface area contributed by atoms with Crippen LogP contribution in [0.25, 0.3) is 0 Å². The van der Waals surface area contributed by atoms with Crippen molar-refractivity contribution in [2.75, 3.05) is 0 Å². The zero-order valence-corrected chi connectivity index (χ0v) is 10.7. The summed E-state index contributed by atoms with van der Waals surface area (Å²) in [5.74, 6) is 0.244. The first-order valence-corrected chi connectivity index (χ1v) is 6.78. The molecule has 1 saturated carbocycles. The Bertz CT molecular complexity index is 385. The van der Waals surface area contributed by atoms with Crippen LogP contribution in [0.5, 0.6) is 0 Å². The first-order chi connectivity index (χ1) is 7.29. The summed E-state index contributed by atoms with van der Waals surface area (Å²) >= 11 is 5.31. The lowest BCUT2D eigenvalue weighted by Gasteiger charge is -2.12. The zero-order chi connectivity index (χ0) is 10.7. The fourth-order valence-corrected chi connectivity index (χ4v) is 3.83. The molecule has 1 aliphatic carbocycles. The van der Waals surface area contributed by atoms with Crippen LogP contribution in [0.1, 0.15) is 19.3 Å². The molecule has 0 spiro atoms. The summed E-state index contributed by atoms with van der Waals surface area (Å²) in [5.41, 5.74) is 0. The standard InChI is InChI=1S/C12H12BrNS/c13-10-4-2-5-11(7-10)15-12-6-1-3-9(12)8-14/h2,4-5,7,9,12H,1,3,6H2. The van der Waals surface area contributed by atoms with Gasteiger partial charge in [0.25, 0.3) is 0 Å². The molecule has 15 heavy (non-hydrogen) atoms. The van der Waals surface area contributed by atoms with Crippen LogP contribution in [0.15, 0.2) is 33.6 Å². The highest BCUT2D eigenvalue weighted by Gasteiger charge is 2.27. The SMILES string of the molecule is N#CC1CCCC1Sc1cccc(Br)c1. The predicted octanol–water partition coefficient (Wildman–Crippen LogP) is 4.23. The van der Waals surface area contributed by atoms with Gasteiger partial charge in [0.1, 0.15) is 0 Å². The third-order valence-corrected chi connectivity index (χ3v) is 4.59. The maximum Gasteiger partial charge on any atom is 0.0667 e. The molecule has 2 unspecified atom stereocenters. The minimum absolute atomic E-state index is 0.244. The first kappa shape index (κ1) is 11.0. The van der Waals surface area contributed by atoms with E-state index < -0.39 is 0 Å². The molecule has 78 valence electrons. The molecule has 0 saturated heterocycles. The fraction of sp³-hybridized carbons (Fsp3) is 0.417. The van der Waals surface area contributed by atoms with Crippen LogP contribution in [0.2, 0.25) is 0 Å². The van der Waals surface area contributed by atoms with E-state index in [1.165, 1.54) is 17.7 Å². The summed E-state index contributed by atoms with van der Waals surface area (Å²) in [6.45, 7) is 0. The van der Waals surface area contributed by atoms with E-state index in [9.17, 15) is 0 Å². The van der Waals surface area contributed by atoms with Crippen LogP contribution >= 0.6 is 27.7 Å². The maximum atomic E-state index is 9.00. The highest BCUT2D eigenvalue weighted by Crippen LogP contribution is 2.39. The Kier molecular flexibility index (Phi) is 3.71. The van der Waals surface area contributed by atoms with Crippen molar-refractivity contribution in [3.63, 3.8) is 0 Å². The molecular weight excluding hydrogens is 270 g/mol. The van der Waals surface area contributed by atoms with Gasteiger partial charge in [0.05, 0.1) is 12.0 Å². The lowest BCUT2D eigenvalue weighted by Crippen LogP contribution is -2.06. The van der Waals surface area contributed by atoms with Crippen LogP contribution in [0.3, 0.4) is 0 Å². The molecule has 0 bridgehead atoms. The van der Waals surface area contributed by atoms with Gasteiger partial charge in [-0.05, 0) is 31.0 Å². The third-order valence-electron chi connectivity index (χ3n) is 2.70. The largest absolute Gasteiger partial charge is 0.198 e. The van der Waals surface area contributed by atoms with E-state index in [0.717, 1.165) is 10.9 Å². The smallest absolute Gasteiger partial charge is 0.0667 e. The number of hydrogen-bond acceptors (Lipinski definition) is 2. The number of nitriles is 1. The zero-order valence-electron chi connectivity index (χ0n) is 8.32. The summed E-state index contributed by atoms with van der Waals surface area (Å²) in [7, 11) is 0. The molecule has 1 aromatic rings. The quantitative estimate of drug-likeness (QED) is 0.810. The minimum Gasteiger partial charge on any atom is -0.198 e. The average Bonchev–Trinajstić information content (AvgIpc) is 2.65. The van der Waals surface area contributed by atoms with Gasteiger partial charge in [-0.1, -0.05) is 28.4 Å². The van der Waals surface area contributed by atoms with Crippen LogP contribution in [-0.2, 0) is 0 Å². The Morgan fingerprint density at radius 2 is 2.27 bits per heavy atom. The van der Waals surface area contributed by atoms with E-state index in [-0.39, 0.29) is 5.92 Å². The van der Waals surface area contributed by atoms with Gasteiger partial charge >= 0.3 is 0 Å².